The number of benzene rings is 1. The average Bonchev–Trinajstić information content (AvgIpc) is 2.54. The number of methoxy groups -OCH3 is 3. The highest BCUT2D eigenvalue weighted by molar-refractivity contribution is 5.99. The number of rotatable bonds is 6. The van der Waals surface area contributed by atoms with Crippen LogP contribution in [0, 0.1) is 17.0 Å². The maximum Gasteiger partial charge on any atom is 0.354 e. The molecule has 124 valence electrons. The molecule has 0 amide bonds. The van der Waals surface area contributed by atoms with Gasteiger partial charge in [-0.25, -0.2) is 9.59 Å². The predicted octanol–water partition coefficient (Wildman–Crippen LogP) is 1.55. The Kier molecular flexibility index (Phi) is 6.07. The number of nitro groups is 1. The summed E-state index contributed by atoms with van der Waals surface area (Å²) in [5.74, 6) is -1.55. The van der Waals surface area contributed by atoms with E-state index < -0.39 is 16.9 Å². The Hall–Kier alpha value is -3.10. The van der Waals surface area contributed by atoms with Crippen LogP contribution in [-0.4, -0.2) is 38.2 Å². The van der Waals surface area contributed by atoms with Gasteiger partial charge in [0.1, 0.15) is 5.70 Å². The molecule has 0 aliphatic rings. The number of ether oxygens (including phenoxy) is 3. The van der Waals surface area contributed by atoms with Crippen molar-refractivity contribution in [2.75, 3.05) is 26.6 Å². The van der Waals surface area contributed by atoms with Gasteiger partial charge >= 0.3 is 17.6 Å². The fourth-order valence-electron chi connectivity index (χ4n) is 1.69. The lowest BCUT2D eigenvalue weighted by atomic mass is 10.1. The van der Waals surface area contributed by atoms with Crippen molar-refractivity contribution in [3.8, 4) is 5.75 Å². The lowest BCUT2D eigenvalue weighted by molar-refractivity contribution is -0.385. The van der Waals surface area contributed by atoms with E-state index >= 15 is 0 Å². The molecule has 0 fully saturated rings. The lowest BCUT2D eigenvalue weighted by Gasteiger charge is -2.13. The van der Waals surface area contributed by atoms with Gasteiger partial charge in [0.25, 0.3) is 0 Å². The molecule has 9 nitrogen and oxygen atoms in total. The molecule has 0 heterocycles. The zero-order chi connectivity index (χ0) is 17.6. The number of carbonyl (C=O) groups excluding carboxylic acids is 2. The Morgan fingerprint density at radius 1 is 1.22 bits per heavy atom. The summed E-state index contributed by atoms with van der Waals surface area (Å²) in [5.41, 5.74) is 0.413. The molecule has 1 aromatic rings. The molecule has 0 aliphatic heterocycles. The quantitative estimate of drug-likeness (QED) is 0.362. The smallest absolute Gasteiger partial charge is 0.354 e. The number of nitrogens with one attached hydrogen (secondary N) is 1. The number of hydrogen-bond acceptors (Lipinski definition) is 8. The van der Waals surface area contributed by atoms with Gasteiger partial charge in [0.05, 0.1) is 32.3 Å². The molecule has 0 atom stereocenters. The Morgan fingerprint density at radius 3 is 2.35 bits per heavy atom. The van der Waals surface area contributed by atoms with Crippen LogP contribution in [0.4, 0.5) is 11.4 Å². The molecule has 0 unspecified atom stereocenters. The van der Waals surface area contributed by atoms with Crippen LogP contribution < -0.4 is 10.1 Å². The minimum absolute atomic E-state index is 0.00499. The zero-order valence-electron chi connectivity index (χ0n) is 13.0. The molecule has 0 aromatic heterocycles. The molecule has 1 aromatic carbocycles. The molecule has 23 heavy (non-hydrogen) atoms. The van der Waals surface area contributed by atoms with Gasteiger partial charge in [-0.2, -0.15) is 0 Å². The highest BCUT2D eigenvalue weighted by atomic mass is 16.6. The third-order valence-electron chi connectivity index (χ3n) is 2.86. The third-order valence-corrected chi connectivity index (χ3v) is 2.86. The highest BCUT2D eigenvalue weighted by Gasteiger charge is 2.20. The second kappa shape index (κ2) is 7.78. The van der Waals surface area contributed by atoms with Crippen molar-refractivity contribution in [1.82, 2.24) is 0 Å². The van der Waals surface area contributed by atoms with Crippen molar-refractivity contribution in [3.05, 3.63) is 39.6 Å². The maximum atomic E-state index is 11.7. The van der Waals surface area contributed by atoms with Gasteiger partial charge < -0.3 is 19.5 Å². The van der Waals surface area contributed by atoms with Crippen LogP contribution in [0.2, 0.25) is 0 Å². The van der Waals surface area contributed by atoms with E-state index in [4.69, 9.17) is 4.74 Å². The number of aryl methyl sites for hydroxylation is 1. The molecule has 0 saturated heterocycles. The summed E-state index contributed by atoms with van der Waals surface area (Å²) in [6.07, 6.45) is 0.916. The Labute approximate surface area is 132 Å². The molecule has 0 radical (unpaired) electrons. The highest BCUT2D eigenvalue weighted by Crippen LogP contribution is 2.33. The largest absolute Gasteiger partial charge is 0.490 e. The van der Waals surface area contributed by atoms with Crippen molar-refractivity contribution < 1.29 is 28.7 Å². The van der Waals surface area contributed by atoms with Crippen LogP contribution in [0.25, 0.3) is 0 Å². The van der Waals surface area contributed by atoms with Crippen LogP contribution in [0.1, 0.15) is 5.56 Å². The summed E-state index contributed by atoms with van der Waals surface area (Å²) < 4.78 is 14.0. The third kappa shape index (κ3) is 4.43. The number of anilines is 1. The van der Waals surface area contributed by atoms with Crippen molar-refractivity contribution in [2.45, 2.75) is 6.92 Å². The van der Waals surface area contributed by atoms with E-state index in [0.717, 1.165) is 20.3 Å². The molecule has 0 saturated carbocycles. The SMILES string of the molecule is COC(=O)/C=C(/Nc1cc(OC)c([N+](=O)[O-])cc1C)C(=O)OC. The first-order valence-corrected chi connectivity index (χ1v) is 6.32. The van der Waals surface area contributed by atoms with Crippen LogP contribution in [0.5, 0.6) is 5.75 Å². The van der Waals surface area contributed by atoms with E-state index in [-0.39, 0.29) is 17.1 Å². The number of esters is 2. The van der Waals surface area contributed by atoms with E-state index in [1.54, 1.807) is 6.92 Å². The fraction of sp³-hybridized carbons (Fsp3) is 0.286. The van der Waals surface area contributed by atoms with E-state index in [1.165, 1.54) is 19.2 Å². The van der Waals surface area contributed by atoms with Gasteiger partial charge in [-0.05, 0) is 12.5 Å². The Bertz CT molecular complexity index is 667. The standard InChI is InChI=1S/C14H16N2O7/c1-8-5-11(16(19)20)12(21-2)6-9(8)15-10(14(18)23-4)7-13(17)22-3/h5-7,15H,1-4H3/b10-7+. The molecule has 0 spiro atoms. The summed E-state index contributed by atoms with van der Waals surface area (Å²) >= 11 is 0. The summed E-state index contributed by atoms with van der Waals surface area (Å²) in [6, 6.07) is 2.63. The van der Waals surface area contributed by atoms with Gasteiger partial charge in [0, 0.05) is 17.8 Å². The van der Waals surface area contributed by atoms with E-state index in [2.05, 4.69) is 14.8 Å². The topological polar surface area (TPSA) is 117 Å². The van der Waals surface area contributed by atoms with E-state index in [9.17, 15) is 19.7 Å². The first-order valence-electron chi connectivity index (χ1n) is 6.32. The molecule has 0 bridgehead atoms. The van der Waals surface area contributed by atoms with Gasteiger partial charge in [-0.1, -0.05) is 0 Å². The Morgan fingerprint density at radius 2 is 1.87 bits per heavy atom. The molecular formula is C14H16N2O7. The fourth-order valence-corrected chi connectivity index (χ4v) is 1.69. The van der Waals surface area contributed by atoms with Crippen molar-refractivity contribution >= 4 is 23.3 Å². The normalized spacial score (nSPS) is 10.7. The molecule has 1 N–H and O–H groups in total. The summed E-state index contributed by atoms with van der Waals surface area (Å²) in [5, 5.41) is 13.7. The number of nitrogens with zero attached hydrogens (tertiary/aromatic N) is 1. The van der Waals surface area contributed by atoms with Crippen LogP contribution in [0.15, 0.2) is 23.9 Å². The van der Waals surface area contributed by atoms with E-state index in [0.29, 0.717) is 11.3 Å². The minimum Gasteiger partial charge on any atom is -0.490 e. The van der Waals surface area contributed by atoms with Gasteiger partial charge in [-0.3, -0.25) is 10.1 Å². The van der Waals surface area contributed by atoms with Crippen LogP contribution in [0.3, 0.4) is 0 Å². The predicted molar refractivity (Wildman–Crippen MR) is 80.1 cm³/mol. The molecule has 9 heteroatoms. The monoisotopic (exact) mass is 324 g/mol. The van der Waals surface area contributed by atoms with Crippen molar-refractivity contribution in [2.24, 2.45) is 0 Å². The van der Waals surface area contributed by atoms with E-state index in [1.807, 2.05) is 0 Å². The Balaban J connectivity index is 3.28. The lowest BCUT2D eigenvalue weighted by Crippen LogP contribution is -2.16. The van der Waals surface area contributed by atoms with Gasteiger partial charge in [0.15, 0.2) is 5.75 Å². The first kappa shape index (κ1) is 18.0. The van der Waals surface area contributed by atoms with Crippen molar-refractivity contribution in [1.29, 1.82) is 0 Å². The van der Waals surface area contributed by atoms with Crippen LogP contribution >= 0.6 is 0 Å². The molecular weight excluding hydrogens is 308 g/mol. The first-order chi connectivity index (χ1) is 10.8. The summed E-state index contributed by atoms with van der Waals surface area (Å²) in [6.45, 7) is 1.60. The van der Waals surface area contributed by atoms with Gasteiger partial charge in [-0.15, -0.1) is 0 Å². The summed E-state index contributed by atoms with van der Waals surface area (Å²) in [7, 11) is 3.60. The number of nitro benzene ring substituents is 1. The minimum atomic E-state index is -0.799. The zero-order valence-corrected chi connectivity index (χ0v) is 13.0. The number of carbonyl (C=O) groups is 2. The second-order valence-electron chi connectivity index (χ2n) is 4.29. The number of hydrogen-bond donors (Lipinski definition) is 1. The second-order valence-corrected chi connectivity index (χ2v) is 4.29. The maximum absolute atomic E-state index is 11.7. The van der Waals surface area contributed by atoms with Gasteiger partial charge in [0.2, 0.25) is 0 Å². The average molecular weight is 324 g/mol. The van der Waals surface area contributed by atoms with Crippen molar-refractivity contribution in [3.63, 3.8) is 0 Å². The van der Waals surface area contributed by atoms with Crippen LogP contribution in [-0.2, 0) is 19.1 Å². The summed E-state index contributed by atoms with van der Waals surface area (Å²) in [4.78, 5) is 33.4. The molecule has 0 aliphatic carbocycles. The molecule has 1 rings (SSSR count).